The summed E-state index contributed by atoms with van der Waals surface area (Å²) >= 11 is 0. The van der Waals surface area contributed by atoms with Crippen molar-refractivity contribution in [3.8, 4) is 0 Å². The molecule has 0 bridgehead atoms. The number of rotatable bonds is 8. The van der Waals surface area contributed by atoms with E-state index in [4.69, 9.17) is 9.84 Å². The van der Waals surface area contributed by atoms with Crippen molar-refractivity contribution in [2.45, 2.75) is 32.1 Å². The third-order valence-corrected chi connectivity index (χ3v) is 3.34. The Kier molecular flexibility index (Phi) is 7.25. The highest BCUT2D eigenvalue weighted by Crippen LogP contribution is 2.19. The highest BCUT2D eigenvalue weighted by molar-refractivity contribution is 5.74. The molecule has 0 spiro atoms. The van der Waals surface area contributed by atoms with E-state index in [0.717, 1.165) is 32.3 Å². The lowest BCUT2D eigenvalue weighted by Gasteiger charge is -2.17. The van der Waals surface area contributed by atoms with Crippen LogP contribution in [0, 0.1) is 5.92 Å². The number of methoxy groups -OCH3 is 1. The first-order valence-corrected chi connectivity index (χ1v) is 6.87. The van der Waals surface area contributed by atoms with Crippen LogP contribution in [0.15, 0.2) is 0 Å². The summed E-state index contributed by atoms with van der Waals surface area (Å²) < 4.78 is 4.95. The second-order valence-electron chi connectivity index (χ2n) is 4.98. The SMILES string of the molecule is COCCCCCNC(=O)N1CCC(CC(=O)O)C1. The van der Waals surface area contributed by atoms with Gasteiger partial charge in [-0.3, -0.25) is 4.79 Å². The van der Waals surface area contributed by atoms with Gasteiger partial charge in [0, 0.05) is 39.8 Å². The number of ether oxygens (including phenoxy) is 1. The fourth-order valence-electron chi connectivity index (χ4n) is 2.29. The molecule has 1 fully saturated rings. The summed E-state index contributed by atoms with van der Waals surface area (Å²) in [6.07, 6.45) is 3.93. The van der Waals surface area contributed by atoms with Crippen LogP contribution in [-0.2, 0) is 9.53 Å². The van der Waals surface area contributed by atoms with Gasteiger partial charge in [0.1, 0.15) is 0 Å². The number of aliphatic carboxylic acids is 1. The molecule has 1 saturated heterocycles. The Morgan fingerprint density at radius 3 is 2.84 bits per heavy atom. The summed E-state index contributed by atoms with van der Waals surface area (Å²) in [5.74, 6) is -0.685. The second-order valence-corrected chi connectivity index (χ2v) is 4.98. The van der Waals surface area contributed by atoms with E-state index < -0.39 is 5.97 Å². The molecule has 0 saturated carbocycles. The second kappa shape index (κ2) is 8.74. The summed E-state index contributed by atoms with van der Waals surface area (Å²) in [6, 6.07) is -0.0698. The number of nitrogens with one attached hydrogen (secondary N) is 1. The first kappa shape index (κ1) is 15.8. The zero-order valence-corrected chi connectivity index (χ0v) is 11.6. The van der Waals surface area contributed by atoms with Gasteiger partial charge >= 0.3 is 12.0 Å². The molecule has 1 rings (SSSR count). The first-order valence-electron chi connectivity index (χ1n) is 6.87. The molecular weight excluding hydrogens is 248 g/mol. The molecule has 1 aliphatic rings. The van der Waals surface area contributed by atoms with Gasteiger partial charge in [0.05, 0.1) is 0 Å². The Labute approximate surface area is 114 Å². The minimum absolute atomic E-state index is 0.0698. The number of likely N-dealkylation sites (tertiary alicyclic amines) is 1. The minimum atomic E-state index is -0.787. The predicted molar refractivity (Wildman–Crippen MR) is 71.1 cm³/mol. The first-order chi connectivity index (χ1) is 9.13. The molecule has 6 nitrogen and oxygen atoms in total. The van der Waals surface area contributed by atoms with Crippen molar-refractivity contribution >= 4 is 12.0 Å². The van der Waals surface area contributed by atoms with Crippen LogP contribution >= 0.6 is 0 Å². The van der Waals surface area contributed by atoms with E-state index in [0.29, 0.717) is 19.6 Å². The highest BCUT2D eigenvalue weighted by Gasteiger charge is 2.27. The molecule has 0 radical (unpaired) electrons. The molecule has 1 heterocycles. The quantitative estimate of drug-likeness (QED) is 0.653. The Morgan fingerprint density at radius 2 is 2.16 bits per heavy atom. The number of nitrogens with zero attached hydrogens (tertiary/aromatic N) is 1. The number of amides is 2. The zero-order valence-electron chi connectivity index (χ0n) is 11.6. The third kappa shape index (κ3) is 6.42. The largest absolute Gasteiger partial charge is 0.481 e. The van der Waals surface area contributed by atoms with Crippen molar-refractivity contribution in [3.05, 3.63) is 0 Å². The van der Waals surface area contributed by atoms with Crippen LogP contribution in [0.5, 0.6) is 0 Å². The zero-order chi connectivity index (χ0) is 14.1. The van der Waals surface area contributed by atoms with Gasteiger partial charge in [0.25, 0.3) is 0 Å². The molecule has 19 heavy (non-hydrogen) atoms. The summed E-state index contributed by atoms with van der Waals surface area (Å²) in [7, 11) is 1.68. The molecule has 0 aliphatic carbocycles. The normalized spacial score (nSPS) is 18.6. The van der Waals surface area contributed by atoms with E-state index in [1.807, 2.05) is 0 Å². The van der Waals surface area contributed by atoms with Gasteiger partial charge in [0.2, 0.25) is 0 Å². The lowest BCUT2D eigenvalue weighted by Crippen LogP contribution is -2.39. The van der Waals surface area contributed by atoms with E-state index in [9.17, 15) is 9.59 Å². The van der Waals surface area contributed by atoms with E-state index in [-0.39, 0.29) is 18.4 Å². The van der Waals surface area contributed by atoms with Crippen LogP contribution in [0.25, 0.3) is 0 Å². The molecule has 2 N–H and O–H groups in total. The summed E-state index contributed by atoms with van der Waals surface area (Å²) in [5, 5.41) is 11.6. The predicted octanol–water partition coefficient (Wildman–Crippen LogP) is 1.31. The van der Waals surface area contributed by atoms with Crippen molar-refractivity contribution in [1.82, 2.24) is 10.2 Å². The fourth-order valence-corrected chi connectivity index (χ4v) is 2.29. The van der Waals surface area contributed by atoms with E-state index >= 15 is 0 Å². The van der Waals surface area contributed by atoms with Crippen molar-refractivity contribution < 1.29 is 19.4 Å². The van der Waals surface area contributed by atoms with Crippen LogP contribution in [0.4, 0.5) is 4.79 Å². The van der Waals surface area contributed by atoms with Gasteiger partial charge in [-0.25, -0.2) is 4.79 Å². The summed E-state index contributed by atoms with van der Waals surface area (Å²) in [4.78, 5) is 24.1. The van der Waals surface area contributed by atoms with Crippen LogP contribution in [0.3, 0.4) is 0 Å². The van der Waals surface area contributed by atoms with Gasteiger partial charge in [-0.15, -0.1) is 0 Å². The number of carbonyl (C=O) groups excluding carboxylic acids is 1. The maximum Gasteiger partial charge on any atom is 0.317 e. The number of hydrogen-bond donors (Lipinski definition) is 2. The molecule has 1 unspecified atom stereocenters. The molecular formula is C13H24N2O4. The smallest absolute Gasteiger partial charge is 0.317 e. The Morgan fingerprint density at radius 1 is 1.37 bits per heavy atom. The van der Waals surface area contributed by atoms with Crippen LogP contribution in [0.1, 0.15) is 32.1 Å². The molecule has 110 valence electrons. The maximum atomic E-state index is 11.8. The standard InChI is InChI=1S/C13H24N2O4/c1-19-8-4-2-3-6-14-13(18)15-7-5-11(10-15)9-12(16)17/h11H,2-10H2,1H3,(H,14,18)(H,16,17). The van der Waals surface area contributed by atoms with Gasteiger partial charge < -0.3 is 20.1 Å². The topological polar surface area (TPSA) is 78.9 Å². The van der Waals surface area contributed by atoms with E-state index in [1.54, 1.807) is 12.0 Å². The molecule has 0 aromatic carbocycles. The Hall–Kier alpha value is -1.30. The highest BCUT2D eigenvalue weighted by atomic mass is 16.5. The number of hydrogen-bond acceptors (Lipinski definition) is 3. The number of carboxylic acids is 1. The number of carboxylic acid groups (broad SMARTS) is 1. The fraction of sp³-hybridized carbons (Fsp3) is 0.846. The molecule has 1 aliphatic heterocycles. The molecule has 6 heteroatoms. The number of urea groups is 1. The Bertz CT molecular complexity index is 296. The van der Waals surface area contributed by atoms with E-state index in [1.165, 1.54) is 0 Å². The van der Waals surface area contributed by atoms with E-state index in [2.05, 4.69) is 5.32 Å². The molecule has 0 aromatic rings. The Balaban J connectivity index is 2.09. The minimum Gasteiger partial charge on any atom is -0.481 e. The van der Waals surface area contributed by atoms with Gasteiger partial charge in [-0.2, -0.15) is 0 Å². The van der Waals surface area contributed by atoms with Crippen LogP contribution < -0.4 is 5.32 Å². The lowest BCUT2D eigenvalue weighted by molar-refractivity contribution is -0.138. The molecule has 2 amide bonds. The van der Waals surface area contributed by atoms with Crippen molar-refractivity contribution in [2.24, 2.45) is 5.92 Å². The monoisotopic (exact) mass is 272 g/mol. The van der Waals surface area contributed by atoms with Crippen LogP contribution in [0.2, 0.25) is 0 Å². The van der Waals surface area contributed by atoms with Crippen molar-refractivity contribution in [1.29, 1.82) is 0 Å². The molecule has 0 aromatic heterocycles. The van der Waals surface area contributed by atoms with Gasteiger partial charge in [-0.1, -0.05) is 0 Å². The van der Waals surface area contributed by atoms with Gasteiger partial charge in [-0.05, 0) is 31.6 Å². The summed E-state index contributed by atoms with van der Waals surface area (Å²) in [5.41, 5.74) is 0. The average molecular weight is 272 g/mol. The number of unbranched alkanes of at least 4 members (excludes halogenated alkanes) is 2. The summed E-state index contributed by atoms with van der Waals surface area (Å²) in [6.45, 7) is 2.65. The van der Waals surface area contributed by atoms with Gasteiger partial charge in [0.15, 0.2) is 0 Å². The molecule has 1 atom stereocenters. The lowest BCUT2D eigenvalue weighted by atomic mass is 10.1. The maximum absolute atomic E-state index is 11.8. The third-order valence-electron chi connectivity index (χ3n) is 3.34. The van der Waals surface area contributed by atoms with Crippen molar-refractivity contribution in [2.75, 3.05) is 33.4 Å². The average Bonchev–Trinajstić information content (AvgIpc) is 2.81. The van der Waals surface area contributed by atoms with Crippen LogP contribution in [-0.4, -0.2) is 55.4 Å². The number of carbonyl (C=O) groups is 2. The van der Waals surface area contributed by atoms with Crippen molar-refractivity contribution in [3.63, 3.8) is 0 Å².